The summed E-state index contributed by atoms with van der Waals surface area (Å²) in [6.07, 6.45) is 8.86. The fourth-order valence-corrected chi connectivity index (χ4v) is 3.73. The third-order valence-electron chi connectivity index (χ3n) is 4.00. The highest BCUT2D eigenvalue weighted by molar-refractivity contribution is 7.08. The number of aromatic nitrogens is 2. The van der Waals surface area contributed by atoms with Gasteiger partial charge in [-0.2, -0.15) is 11.3 Å². The first-order chi connectivity index (χ1) is 10.8. The van der Waals surface area contributed by atoms with Crippen molar-refractivity contribution < 1.29 is 0 Å². The molecule has 0 unspecified atom stereocenters. The second kappa shape index (κ2) is 5.75. The maximum Gasteiger partial charge on any atom is 0.129 e. The minimum absolute atomic E-state index is 0.543. The van der Waals surface area contributed by atoms with Gasteiger partial charge in [0, 0.05) is 17.5 Å². The van der Waals surface area contributed by atoms with Crippen LogP contribution in [-0.4, -0.2) is 9.55 Å². The summed E-state index contributed by atoms with van der Waals surface area (Å²) in [6, 6.07) is 8.24. The maximum absolute atomic E-state index is 6.06. The molecule has 2 nitrogen and oxygen atoms in total. The largest absolute Gasteiger partial charge is 0.335 e. The van der Waals surface area contributed by atoms with E-state index in [-0.39, 0.29) is 0 Å². The monoisotopic (exact) mass is 326 g/mol. The number of halogens is 1. The number of pyridine rings is 1. The average Bonchev–Trinajstić information content (AvgIpc) is 3.16. The van der Waals surface area contributed by atoms with Crippen molar-refractivity contribution in [2.75, 3.05) is 0 Å². The van der Waals surface area contributed by atoms with Crippen LogP contribution in [0.3, 0.4) is 0 Å². The molecule has 0 aliphatic heterocycles. The predicted octanol–water partition coefficient (Wildman–Crippen LogP) is 5.69. The summed E-state index contributed by atoms with van der Waals surface area (Å²) in [5.41, 5.74) is 6.00. The van der Waals surface area contributed by atoms with E-state index in [0.29, 0.717) is 5.15 Å². The molecule has 1 aliphatic rings. The Morgan fingerprint density at radius 2 is 2.23 bits per heavy atom. The summed E-state index contributed by atoms with van der Waals surface area (Å²) in [7, 11) is 0. The molecule has 110 valence electrons. The molecule has 22 heavy (non-hydrogen) atoms. The van der Waals surface area contributed by atoms with Crippen molar-refractivity contribution in [2.45, 2.75) is 19.4 Å². The van der Waals surface area contributed by atoms with Gasteiger partial charge in [0.05, 0.1) is 16.7 Å². The zero-order valence-electron chi connectivity index (χ0n) is 12.0. The molecule has 0 atom stereocenters. The van der Waals surface area contributed by atoms with Crippen LogP contribution < -0.4 is 0 Å². The van der Waals surface area contributed by atoms with Gasteiger partial charge in [-0.3, -0.25) is 0 Å². The Hall–Kier alpha value is -1.84. The number of allylic oxidation sites excluding steroid dienone is 4. The Labute approximate surface area is 138 Å². The highest BCUT2D eigenvalue weighted by atomic mass is 35.5. The van der Waals surface area contributed by atoms with E-state index in [1.807, 2.05) is 6.07 Å². The van der Waals surface area contributed by atoms with Gasteiger partial charge in [0.2, 0.25) is 0 Å². The third kappa shape index (κ3) is 2.51. The molecular weight excluding hydrogens is 312 g/mol. The molecule has 0 amide bonds. The van der Waals surface area contributed by atoms with Gasteiger partial charge in [-0.05, 0) is 42.5 Å². The lowest BCUT2D eigenvalue weighted by atomic mass is 10.1. The van der Waals surface area contributed by atoms with Crippen LogP contribution >= 0.6 is 22.9 Å². The van der Waals surface area contributed by atoms with Gasteiger partial charge in [-0.1, -0.05) is 35.4 Å². The summed E-state index contributed by atoms with van der Waals surface area (Å²) in [4.78, 5) is 4.47. The van der Waals surface area contributed by atoms with Crippen molar-refractivity contribution in [3.8, 4) is 11.3 Å². The van der Waals surface area contributed by atoms with E-state index in [4.69, 9.17) is 11.6 Å². The van der Waals surface area contributed by atoms with Crippen LogP contribution in [0.2, 0.25) is 5.15 Å². The van der Waals surface area contributed by atoms with Crippen LogP contribution in [0.1, 0.15) is 12.8 Å². The molecule has 0 saturated heterocycles. The molecule has 0 aromatic carbocycles. The lowest BCUT2D eigenvalue weighted by molar-refractivity contribution is 0.768. The summed E-state index contributed by atoms with van der Waals surface area (Å²) in [6.45, 7) is 0.905. The van der Waals surface area contributed by atoms with Crippen LogP contribution in [0.4, 0.5) is 0 Å². The van der Waals surface area contributed by atoms with Gasteiger partial charge in [-0.25, -0.2) is 4.98 Å². The molecule has 3 aromatic rings. The van der Waals surface area contributed by atoms with Crippen molar-refractivity contribution in [2.24, 2.45) is 0 Å². The van der Waals surface area contributed by atoms with Gasteiger partial charge < -0.3 is 4.57 Å². The number of fused-ring (bicyclic) bond motifs is 1. The molecule has 0 saturated carbocycles. The highest BCUT2D eigenvalue weighted by Gasteiger charge is 2.14. The van der Waals surface area contributed by atoms with E-state index in [1.54, 1.807) is 11.3 Å². The number of hydrogen-bond donors (Lipinski definition) is 0. The van der Waals surface area contributed by atoms with Crippen LogP contribution in [0.5, 0.6) is 0 Å². The van der Waals surface area contributed by atoms with Crippen molar-refractivity contribution in [3.05, 3.63) is 64.0 Å². The van der Waals surface area contributed by atoms with Gasteiger partial charge in [0.25, 0.3) is 0 Å². The standard InChI is InChI=1S/C18H15ClN2S/c19-18-7-6-16-15(20-18)10-17(14-8-9-22-12-14)21(16)11-13-4-2-1-3-5-13/h1-2,4,6-10,12H,3,5,11H2. The second-order valence-corrected chi connectivity index (χ2v) is 6.63. The van der Waals surface area contributed by atoms with E-state index < -0.39 is 0 Å². The number of rotatable bonds is 3. The van der Waals surface area contributed by atoms with Crippen LogP contribution in [-0.2, 0) is 6.54 Å². The molecule has 3 heterocycles. The summed E-state index contributed by atoms with van der Waals surface area (Å²) in [5, 5.41) is 4.84. The van der Waals surface area contributed by atoms with Crippen molar-refractivity contribution in [3.63, 3.8) is 0 Å². The number of thiophene rings is 1. The Kier molecular flexibility index (Phi) is 3.60. The Balaban J connectivity index is 1.87. The van der Waals surface area contributed by atoms with Gasteiger partial charge in [-0.15, -0.1) is 0 Å². The zero-order chi connectivity index (χ0) is 14.9. The van der Waals surface area contributed by atoms with Crippen LogP contribution in [0.15, 0.2) is 58.8 Å². The average molecular weight is 327 g/mol. The molecule has 1 aliphatic carbocycles. The molecule has 0 N–H and O–H groups in total. The molecule has 0 radical (unpaired) electrons. The highest BCUT2D eigenvalue weighted by Crippen LogP contribution is 2.31. The summed E-state index contributed by atoms with van der Waals surface area (Å²) < 4.78 is 2.35. The van der Waals surface area contributed by atoms with Gasteiger partial charge in [0.1, 0.15) is 5.15 Å². The first kappa shape index (κ1) is 13.8. The fraction of sp³-hybridized carbons (Fsp3) is 0.167. The Morgan fingerprint density at radius 3 is 3.00 bits per heavy atom. The van der Waals surface area contributed by atoms with E-state index in [0.717, 1.165) is 30.4 Å². The minimum atomic E-state index is 0.543. The first-order valence-electron chi connectivity index (χ1n) is 7.34. The van der Waals surface area contributed by atoms with E-state index in [2.05, 4.69) is 56.7 Å². The molecule has 3 aromatic heterocycles. The minimum Gasteiger partial charge on any atom is -0.335 e. The molecule has 4 heteroatoms. The van der Waals surface area contributed by atoms with Crippen LogP contribution in [0, 0.1) is 0 Å². The van der Waals surface area contributed by atoms with E-state index >= 15 is 0 Å². The molecule has 0 fully saturated rings. The molecule has 4 rings (SSSR count). The summed E-state index contributed by atoms with van der Waals surface area (Å²) >= 11 is 7.77. The molecule has 0 bridgehead atoms. The second-order valence-electron chi connectivity index (χ2n) is 5.46. The maximum atomic E-state index is 6.06. The lowest BCUT2D eigenvalue weighted by Crippen LogP contribution is -2.04. The quantitative estimate of drug-likeness (QED) is 0.565. The fourth-order valence-electron chi connectivity index (χ4n) is 2.92. The number of hydrogen-bond acceptors (Lipinski definition) is 2. The SMILES string of the molecule is Clc1ccc2c(cc(-c3ccsc3)n2CC2=CC=CCC2)n1. The third-order valence-corrected chi connectivity index (χ3v) is 4.90. The zero-order valence-corrected chi connectivity index (χ0v) is 13.6. The molecular formula is C18H15ClN2S. The Bertz CT molecular complexity index is 872. The number of nitrogens with zero attached hydrogens (tertiary/aromatic N) is 2. The lowest BCUT2D eigenvalue weighted by Gasteiger charge is -2.14. The topological polar surface area (TPSA) is 17.8 Å². The van der Waals surface area contributed by atoms with Crippen molar-refractivity contribution in [1.82, 2.24) is 9.55 Å². The summed E-state index contributed by atoms with van der Waals surface area (Å²) in [5.74, 6) is 0. The van der Waals surface area contributed by atoms with Gasteiger partial charge in [0.15, 0.2) is 0 Å². The normalized spacial score (nSPS) is 14.5. The molecule has 0 spiro atoms. The van der Waals surface area contributed by atoms with Crippen LogP contribution in [0.25, 0.3) is 22.3 Å². The van der Waals surface area contributed by atoms with E-state index in [1.165, 1.54) is 16.8 Å². The van der Waals surface area contributed by atoms with Gasteiger partial charge >= 0.3 is 0 Å². The van der Waals surface area contributed by atoms with Crippen molar-refractivity contribution in [1.29, 1.82) is 0 Å². The smallest absolute Gasteiger partial charge is 0.129 e. The first-order valence-corrected chi connectivity index (χ1v) is 8.66. The van der Waals surface area contributed by atoms with Crippen molar-refractivity contribution >= 4 is 34.0 Å². The Morgan fingerprint density at radius 1 is 1.27 bits per heavy atom. The predicted molar refractivity (Wildman–Crippen MR) is 94.5 cm³/mol. The van der Waals surface area contributed by atoms with E-state index in [9.17, 15) is 0 Å².